The van der Waals surface area contributed by atoms with Crippen LogP contribution in [0.25, 0.3) is 0 Å². The van der Waals surface area contributed by atoms with E-state index in [9.17, 15) is 8.78 Å². The van der Waals surface area contributed by atoms with Gasteiger partial charge in [0.05, 0.1) is 0 Å². The van der Waals surface area contributed by atoms with Crippen molar-refractivity contribution < 1.29 is 8.78 Å². The maximum atomic E-state index is 13.2. The van der Waals surface area contributed by atoms with Crippen molar-refractivity contribution in [3.63, 3.8) is 0 Å². The van der Waals surface area contributed by atoms with Crippen LogP contribution in [0.4, 0.5) is 8.78 Å². The Hall–Kier alpha value is -0.440. The first-order chi connectivity index (χ1) is 9.08. The summed E-state index contributed by atoms with van der Waals surface area (Å²) in [6.07, 6.45) is 6.88. The Morgan fingerprint density at radius 2 is 1.84 bits per heavy atom. The van der Waals surface area contributed by atoms with E-state index in [1.54, 1.807) is 0 Å². The van der Waals surface area contributed by atoms with E-state index in [1.807, 2.05) is 0 Å². The molecule has 1 aliphatic carbocycles. The molecule has 0 heterocycles. The largest absolute Gasteiger partial charge is 0.207 e. The van der Waals surface area contributed by atoms with Crippen molar-refractivity contribution in [1.82, 2.24) is 0 Å². The van der Waals surface area contributed by atoms with Gasteiger partial charge in [0.1, 0.15) is 11.6 Å². The van der Waals surface area contributed by atoms with Crippen molar-refractivity contribution in [2.45, 2.75) is 50.3 Å². The van der Waals surface area contributed by atoms with Crippen LogP contribution < -0.4 is 0 Å². The van der Waals surface area contributed by atoms with E-state index in [0.717, 1.165) is 24.0 Å². The molecule has 106 valence electrons. The Labute approximate surface area is 122 Å². The van der Waals surface area contributed by atoms with Gasteiger partial charge in [0.15, 0.2) is 0 Å². The van der Waals surface area contributed by atoms with Gasteiger partial charge in [-0.3, -0.25) is 0 Å². The van der Waals surface area contributed by atoms with Crippen LogP contribution in [0.5, 0.6) is 0 Å². The van der Waals surface area contributed by atoms with Gasteiger partial charge in [-0.05, 0) is 55.2 Å². The summed E-state index contributed by atoms with van der Waals surface area (Å²) in [7, 11) is 0. The smallest absolute Gasteiger partial charge is 0.126 e. The molecule has 3 unspecified atom stereocenters. The summed E-state index contributed by atoms with van der Waals surface area (Å²) >= 11 is 3.74. The number of hydrogen-bond acceptors (Lipinski definition) is 0. The molecular formula is C16H21BrF2. The van der Waals surface area contributed by atoms with Gasteiger partial charge in [-0.15, -0.1) is 0 Å². The van der Waals surface area contributed by atoms with Crippen molar-refractivity contribution in [2.24, 2.45) is 11.8 Å². The van der Waals surface area contributed by atoms with Crippen LogP contribution in [-0.2, 0) is 6.42 Å². The molecule has 3 heteroatoms. The molecule has 1 aliphatic rings. The Balaban J connectivity index is 2.03. The van der Waals surface area contributed by atoms with E-state index >= 15 is 0 Å². The molecule has 0 nitrogen and oxygen atoms in total. The lowest BCUT2D eigenvalue weighted by Crippen LogP contribution is -2.26. The zero-order chi connectivity index (χ0) is 13.8. The van der Waals surface area contributed by atoms with E-state index in [-0.39, 0.29) is 0 Å². The molecule has 19 heavy (non-hydrogen) atoms. The number of rotatable bonds is 4. The minimum atomic E-state index is -0.470. The van der Waals surface area contributed by atoms with Crippen LogP contribution in [0.2, 0.25) is 0 Å². The highest BCUT2D eigenvalue weighted by Crippen LogP contribution is 2.37. The monoisotopic (exact) mass is 330 g/mol. The first-order valence-corrected chi connectivity index (χ1v) is 8.09. The van der Waals surface area contributed by atoms with E-state index in [1.165, 1.54) is 44.2 Å². The van der Waals surface area contributed by atoms with Crippen molar-refractivity contribution in [3.05, 3.63) is 35.4 Å². The molecule has 0 amide bonds. The third kappa shape index (κ3) is 4.27. The van der Waals surface area contributed by atoms with Crippen LogP contribution in [0.1, 0.15) is 44.6 Å². The first-order valence-electron chi connectivity index (χ1n) is 7.17. The number of halogens is 3. The van der Waals surface area contributed by atoms with Crippen LogP contribution in [0, 0.1) is 23.5 Å². The molecule has 1 aromatic carbocycles. The van der Waals surface area contributed by atoms with Gasteiger partial charge in [0.2, 0.25) is 0 Å². The fraction of sp³-hybridized carbons (Fsp3) is 0.625. The summed E-state index contributed by atoms with van der Waals surface area (Å²) in [5.41, 5.74) is 0.782. The summed E-state index contributed by atoms with van der Waals surface area (Å²) in [4.78, 5) is 0.479. The van der Waals surface area contributed by atoms with Gasteiger partial charge in [-0.25, -0.2) is 8.78 Å². The van der Waals surface area contributed by atoms with E-state index in [0.29, 0.717) is 10.7 Å². The third-order valence-corrected chi connectivity index (χ3v) is 5.32. The van der Waals surface area contributed by atoms with Crippen molar-refractivity contribution >= 4 is 15.9 Å². The summed E-state index contributed by atoms with van der Waals surface area (Å²) < 4.78 is 26.5. The topological polar surface area (TPSA) is 0 Å². The number of alkyl halides is 1. The van der Waals surface area contributed by atoms with Gasteiger partial charge in [0.25, 0.3) is 0 Å². The minimum absolute atomic E-state index is 0.470. The predicted molar refractivity (Wildman–Crippen MR) is 78.5 cm³/mol. The lowest BCUT2D eigenvalue weighted by molar-refractivity contribution is 0.263. The highest BCUT2D eigenvalue weighted by atomic mass is 79.9. The second kappa shape index (κ2) is 6.83. The standard InChI is InChI=1S/C16H21BrF2/c1-2-3-11-4-5-16(17)13(6-11)7-12-8-14(18)10-15(19)9-12/h8-11,13,16H,2-7H2,1H3. The number of hydrogen-bond donors (Lipinski definition) is 0. The first kappa shape index (κ1) is 15.0. The Kier molecular flexibility index (Phi) is 5.37. The van der Waals surface area contributed by atoms with Crippen LogP contribution in [0.3, 0.4) is 0 Å². The SMILES string of the molecule is CCCC1CCC(Br)C(Cc2cc(F)cc(F)c2)C1. The van der Waals surface area contributed by atoms with Gasteiger partial charge in [-0.1, -0.05) is 35.7 Å². The molecule has 0 N–H and O–H groups in total. The molecule has 0 radical (unpaired) electrons. The minimum Gasteiger partial charge on any atom is -0.207 e. The van der Waals surface area contributed by atoms with E-state index < -0.39 is 11.6 Å². The molecule has 1 aromatic rings. The van der Waals surface area contributed by atoms with Gasteiger partial charge < -0.3 is 0 Å². The van der Waals surface area contributed by atoms with Gasteiger partial charge >= 0.3 is 0 Å². The molecular weight excluding hydrogens is 310 g/mol. The second-order valence-electron chi connectivity index (χ2n) is 5.73. The quantitative estimate of drug-likeness (QED) is 0.640. The molecule has 3 atom stereocenters. The second-order valence-corrected chi connectivity index (χ2v) is 6.90. The average Bonchev–Trinajstić information content (AvgIpc) is 2.32. The highest BCUT2D eigenvalue weighted by molar-refractivity contribution is 9.09. The number of benzene rings is 1. The van der Waals surface area contributed by atoms with E-state index in [4.69, 9.17) is 0 Å². The normalized spacial score (nSPS) is 27.5. The molecule has 0 spiro atoms. The molecule has 0 aliphatic heterocycles. The maximum Gasteiger partial charge on any atom is 0.126 e. The van der Waals surface area contributed by atoms with Gasteiger partial charge in [0, 0.05) is 10.9 Å². The van der Waals surface area contributed by atoms with Crippen LogP contribution in [-0.4, -0.2) is 4.83 Å². The van der Waals surface area contributed by atoms with Crippen molar-refractivity contribution in [3.8, 4) is 0 Å². The van der Waals surface area contributed by atoms with Crippen molar-refractivity contribution in [1.29, 1.82) is 0 Å². The molecule has 1 saturated carbocycles. The lowest BCUT2D eigenvalue weighted by atomic mass is 9.77. The summed E-state index contributed by atoms with van der Waals surface area (Å²) in [5.74, 6) is 0.331. The Bertz CT molecular complexity index is 399. The molecule has 0 bridgehead atoms. The Morgan fingerprint density at radius 1 is 1.16 bits per heavy atom. The van der Waals surface area contributed by atoms with Crippen LogP contribution in [0.15, 0.2) is 18.2 Å². The fourth-order valence-electron chi connectivity index (χ4n) is 3.24. The van der Waals surface area contributed by atoms with Gasteiger partial charge in [-0.2, -0.15) is 0 Å². The summed E-state index contributed by atoms with van der Waals surface area (Å²) in [6, 6.07) is 3.87. The fourth-order valence-corrected chi connectivity index (χ4v) is 3.90. The molecule has 0 aromatic heterocycles. The van der Waals surface area contributed by atoms with E-state index in [2.05, 4.69) is 22.9 Å². The highest BCUT2D eigenvalue weighted by Gasteiger charge is 2.28. The molecule has 2 rings (SSSR count). The molecule has 0 saturated heterocycles. The third-order valence-electron chi connectivity index (χ3n) is 4.12. The Morgan fingerprint density at radius 3 is 2.47 bits per heavy atom. The summed E-state index contributed by atoms with van der Waals surface area (Å²) in [6.45, 7) is 2.22. The average molecular weight is 331 g/mol. The zero-order valence-corrected chi connectivity index (χ0v) is 12.9. The lowest BCUT2D eigenvalue weighted by Gasteiger charge is -2.33. The maximum absolute atomic E-state index is 13.2. The van der Waals surface area contributed by atoms with Crippen molar-refractivity contribution in [2.75, 3.05) is 0 Å². The van der Waals surface area contributed by atoms with Crippen LogP contribution >= 0.6 is 15.9 Å². The zero-order valence-electron chi connectivity index (χ0n) is 11.3. The predicted octanol–water partition coefficient (Wildman–Crippen LogP) is 5.49. The molecule has 1 fully saturated rings. The summed E-state index contributed by atoms with van der Waals surface area (Å²) in [5, 5.41) is 0.